The van der Waals surface area contributed by atoms with Crippen molar-refractivity contribution in [2.45, 2.75) is 50.8 Å². The number of hydrogen-bond donors (Lipinski definition) is 2. The summed E-state index contributed by atoms with van der Waals surface area (Å²) >= 11 is 1.94. The van der Waals surface area contributed by atoms with Gasteiger partial charge in [0.05, 0.1) is 11.6 Å². The molecular formula is C16H24N2O3S. The number of rotatable bonds is 3. The van der Waals surface area contributed by atoms with Gasteiger partial charge in [-0.3, -0.25) is 0 Å². The zero-order chi connectivity index (χ0) is 15.6. The molecule has 22 heavy (non-hydrogen) atoms. The van der Waals surface area contributed by atoms with Gasteiger partial charge in [0.15, 0.2) is 0 Å². The molecule has 5 nitrogen and oxygen atoms in total. The molecule has 3 rings (SSSR count). The Hall–Kier alpha value is -1.14. The first-order valence-corrected chi connectivity index (χ1v) is 9.07. The molecule has 0 radical (unpaired) electrons. The monoisotopic (exact) mass is 324 g/mol. The van der Waals surface area contributed by atoms with Crippen molar-refractivity contribution in [1.29, 1.82) is 0 Å². The normalized spacial score (nSPS) is 29.5. The number of carbonyl (C=O) groups is 1. The molecular weight excluding hydrogens is 300 g/mol. The van der Waals surface area contributed by atoms with Gasteiger partial charge in [0.25, 0.3) is 0 Å². The van der Waals surface area contributed by atoms with E-state index < -0.39 is 0 Å². The number of nitrogens with one attached hydrogen (secondary N) is 2. The van der Waals surface area contributed by atoms with Crippen LogP contribution in [0.5, 0.6) is 0 Å². The second-order valence-corrected chi connectivity index (χ2v) is 7.42. The smallest absolute Gasteiger partial charge is 0.315 e. The lowest BCUT2D eigenvalue weighted by Gasteiger charge is -2.38. The van der Waals surface area contributed by atoms with E-state index in [4.69, 9.17) is 9.15 Å². The highest BCUT2D eigenvalue weighted by atomic mass is 32.2. The zero-order valence-electron chi connectivity index (χ0n) is 13.2. The summed E-state index contributed by atoms with van der Waals surface area (Å²) in [6.45, 7) is 4.56. The molecule has 3 atom stereocenters. The third-order valence-corrected chi connectivity index (χ3v) is 5.65. The highest BCUT2D eigenvalue weighted by Gasteiger charge is 2.40. The predicted octanol–water partition coefficient (Wildman–Crippen LogP) is 3.00. The fourth-order valence-electron chi connectivity index (χ4n) is 3.20. The summed E-state index contributed by atoms with van der Waals surface area (Å²) < 4.78 is 11.5. The Balaban J connectivity index is 1.51. The maximum Gasteiger partial charge on any atom is 0.315 e. The maximum atomic E-state index is 12.2. The van der Waals surface area contributed by atoms with Gasteiger partial charge in [0.1, 0.15) is 11.5 Å². The summed E-state index contributed by atoms with van der Waals surface area (Å²) in [6.07, 6.45) is 2.90. The van der Waals surface area contributed by atoms with Crippen molar-refractivity contribution in [2.75, 3.05) is 18.1 Å². The van der Waals surface area contributed by atoms with Crippen molar-refractivity contribution < 1.29 is 13.9 Å². The maximum absolute atomic E-state index is 12.2. The Labute approximate surface area is 135 Å². The van der Waals surface area contributed by atoms with Crippen LogP contribution < -0.4 is 10.6 Å². The summed E-state index contributed by atoms with van der Waals surface area (Å²) in [5, 5.41) is 6.04. The molecule has 2 N–H and O–H groups in total. The van der Waals surface area contributed by atoms with Crippen LogP contribution in [0, 0.1) is 6.92 Å². The van der Waals surface area contributed by atoms with Gasteiger partial charge in [-0.1, -0.05) is 0 Å². The van der Waals surface area contributed by atoms with Gasteiger partial charge < -0.3 is 19.8 Å². The molecule has 3 heterocycles. The lowest BCUT2D eigenvalue weighted by atomic mass is 9.90. The van der Waals surface area contributed by atoms with Gasteiger partial charge in [0, 0.05) is 18.4 Å². The van der Waals surface area contributed by atoms with E-state index in [-0.39, 0.29) is 23.7 Å². The molecule has 1 aromatic rings. The van der Waals surface area contributed by atoms with Crippen LogP contribution in [-0.4, -0.2) is 35.8 Å². The van der Waals surface area contributed by atoms with Crippen molar-refractivity contribution in [2.24, 2.45) is 0 Å². The largest absolute Gasteiger partial charge is 0.464 e. The second-order valence-electron chi connectivity index (χ2n) is 6.31. The first-order valence-electron chi connectivity index (χ1n) is 7.91. The molecule has 1 spiro atoms. The quantitative estimate of drug-likeness (QED) is 0.897. The fourth-order valence-corrected chi connectivity index (χ4v) is 4.57. The SMILES string of the molecule is Cc1ccc([C@H](C)NC(=O)N[C@@H]2CCO[C@]3(CCSC3)C2)o1. The molecule has 0 aromatic carbocycles. The van der Waals surface area contributed by atoms with E-state index in [9.17, 15) is 4.79 Å². The standard InChI is InChI=1S/C16H24N2O3S/c1-11-3-4-14(21-11)12(2)17-15(19)18-13-5-7-20-16(9-13)6-8-22-10-16/h3-4,12-13H,5-10H2,1-2H3,(H2,17,18,19)/t12-,13+,16+/m0/s1. The highest BCUT2D eigenvalue weighted by Crippen LogP contribution is 2.38. The Bertz CT molecular complexity index is 525. The van der Waals surface area contributed by atoms with Gasteiger partial charge in [-0.15, -0.1) is 0 Å². The van der Waals surface area contributed by atoms with Crippen molar-refractivity contribution in [3.05, 3.63) is 23.7 Å². The molecule has 2 amide bonds. The molecule has 0 bridgehead atoms. The Morgan fingerprint density at radius 1 is 1.50 bits per heavy atom. The lowest BCUT2D eigenvalue weighted by molar-refractivity contribution is -0.0684. The third-order valence-electron chi connectivity index (χ3n) is 4.43. The minimum atomic E-state index is -0.135. The molecule has 0 saturated carbocycles. The fraction of sp³-hybridized carbons (Fsp3) is 0.688. The summed E-state index contributed by atoms with van der Waals surface area (Å²) in [5.41, 5.74) is -0.00932. The number of hydrogen-bond acceptors (Lipinski definition) is 4. The van der Waals surface area contributed by atoms with E-state index in [1.807, 2.05) is 37.7 Å². The molecule has 0 unspecified atom stereocenters. The number of urea groups is 1. The van der Waals surface area contributed by atoms with Crippen molar-refractivity contribution >= 4 is 17.8 Å². The average Bonchev–Trinajstić information content (AvgIpc) is 3.08. The van der Waals surface area contributed by atoms with Gasteiger partial charge in [-0.2, -0.15) is 11.8 Å². The van der Waals surface area contributed by atoms with E-state index in [2.05, 4.69) is 10.6 Å². The van der Waals surface area contributed by atoms with Crippen LogP contribution in [0.2, 0.25) is 0 Å². The highest BCUT2D eigenvalue weighted by molar-refractivity contribution is 7.99. The number of carbonyl (C=O) groups excluding carboxylic acids is 1. The van der Waals surface area contributed by atoms with E-state index in [0.29, 0.717) is 0 Å². The number of ether oxygens (including phenoxy) is 1. The van der Waals surface area contributed by atoms with Crippen LogP contribution in [0.4, 0.5) is 4.79 Å². The first-order chi connectivity index (χ1) is 10.6. The summed E-state index contributed by atoms with van der Waals surface area (Å²) in [7, 11) is 0. The van der Waals surface area contributed by atoms with Crippen molar-refractivity contribution in [3.63, 3.8) is 0 Å². The predicted molar refractivity (Wildman–Crippen MR) is 87.2 cm³/mol. The molecule has 2 saturated heterocycles. The van der Waals surface area contributed by atoms with E-state index in [1.165, 1.54) is 0 Å². The molecule has 6 heteroatoms. The number of aryl methyl sites for hydroxylation is 1. The van der Waals surface area contributed by atoms with Gasteiger partial charge in [-0.25, -0.2) is 4.79 Å². The average molecular weight is 324 g/mol. The van der Waals surface area contributed by atoms with Crippen molar-refractivity contribution in [1.82, 2.24) is 10.6 Å². The van der Waals surface area contributed by atoms with E-state index >= 15 is 0 Å². The van der Waals surface area contributed by atoms with E-state index in [1.54, 1.807) is 0 Å². The Morgan fingerprint density at radius 2 is 2.36 bits per heavy atom. The van der Waals surface area contributed by atoms with Crippen LogP contribution >= 0.6 is 11.8 Å². The van der Waals surface area contributed by atoms with Gasteiger partial charge in [-0.05, 0) is 51.0 Å². The first kappa shape index (κ1) is 15.7. The molecule has 0 aliphatic carbocycles. The van der Waals surface area contributed by atoms with E-state index in [0.717, 1.165) is 48.9 Å². The molecule has 122 valence electrons. The van der Waals surface area contributed by atoms with Crippen LogP contribution in [0.3, 0.4) is 0 Å². The third kappa shape index (κ3) is 3.60. The molecule has 2 aliphatic rings. The van der Waals surface area contributed by atoms with Crippen LogP contribution in [-0.2, 0) is 4.74 Å². The molecule has 2 aliphatic heterocycles. The number of thioether (sulfide) groups is 1. The summed E-state index contributed by atoms with van der Waals surface area (Å²) in [6, 6.07) is 3.74. The van der Waals surface area contributed by atoms with Gasteiger partial charge >= 0.3 is 6.03 Å². The van der Waals surface area contributed by atoms with Gasteiger partial charge in [0.2, 0.25) is 0 Å². The lowest BCUT2D eigenvalue weighted by Crippen LogP contribution is -2.51. The number of furan rings is 1. The van der Waals surface area contributed by atoms with Crippen LogP contribution in [0.1, 0.15) is 43.7 Å². The van der Waals surface area contributed by atoms with Crippen LogP contribution in [0.15, 0.2) is 16.5 Å². The zero-order valence-corrected chi connectivity index (χ0v) is 14.0. The summed E-state index contributed by atoms with van der Waals surface area (Å²) in [5.74, 6) is 3.85. The Morgan fingerprint density at radius 3 is 3.05 bits per heavy atom. The topological polar surface area (TPSA) is 63.5 Å². The minimum absolute atomic E-state index is 0.00932. The van der Waals surface area contributed by atoms with Crippen molar-refractivity contribution in [3.8, 4) is 0 Å². The molecule has 1 aromatic heterocycles. The summed E-state index contributed by atoms with van der Waals surface area (Å²) in [4.78, 5) is 12.2. The Kier molecular flexibility index (Phi) is 4.68. The number of amides is 2. The minimum Gasteiger partial charge on any atom is -0.464 e. The molecule has 2 fully saturated rings. The second kappa shape index (κ2) is 6.54. The van der Waals surface area contributed by atoms with Crippen LogP contribution in [0.25, 0.3) is 0 Å².